The zero-order valence-electron chi connectivity index (χ0n) is 18.8. The summed E-state index contributed by atoms with van der Waals surface area (Å²) in [4.78, 5) is 14.2. The number of para-hydroxylation sites is 2. The van der Waals surface area contributed by atoms with E-state index in [1.54, 1.807) is 13.4 Å². The van der Waals surface area contributed by atoms with Crippen LogP contribution in [0.2, 0.25) is 0 Å². The quantitative estimate of drug-likeness (QED) is 0.293. The van der Waals surface area contributed by atoms with Crippen molar-refractivity contribution in [1.29, 1.82) is 0 Å². The number of nitrogens with zero attached hydrogens (tertiary/aromatic N) is 4. The van der Waals surface area contributed by atoms with Crippen LogP contribution in [0.3, 0.4) is 0 Å². The number of aromatic nitrogens is 4. The summed E-state index contributed by atoms with van der Waals surface area (Å²) >= 11 is 0. The van der Waals surface area contributed by atoms with Crippen LogP contribution in [0.1, 0.15) is 38.1 Å². The Kier molecular flexibility index (Phi) is 6.03. The van der Waals surface area contributed by atoms with Crippen molar-refractivity contribution >= 4 is 22.6 Å². The first kappa shape index (κ1) is 21.3. The van der Waals surface area contributed by atoms with Gasteiger partial charge in [-0.1, -0.05) is 49.0 Å². The molecule has 0 aliphatic heterocycles. The molecule has 0 radical (unpaired) electrons. The van der Waals surface area contributed by atoms with Gasteiger partial charge in [-0.2, -0.15) is 4.98 Å². The van der Waals surface area contributed by atoms with E-state index in [0.29, 0.717) is 11.8 Å². The maximum atomic E-state index is 5.54. The molecule has 2 aromatic carbocycles. The molecule has 4 rings (SSSR count). The molecule has 1 atom stereocenters. The van der Waals surface area contributed by atoms with E-state index in [4.69, 9.17) is 14.7 Å². The number of ether oxygens (including phenoxy) is 1. The second-order valence-corrected chi connectivity index (χ2v) is 7.73. The Morgan fingerprint density at radius 3 is 2.47 bits per heavy atom. The first-order valence-corrected chi connectivity index (χ1v) is 10.5. The molecule has 0 aliphatic rings. The topological polar surface area (TPSA) is 64.9 Å². The second kappa shape index (κ2) is 9.06. The van der Waals surface area contributed by atoms with Crippen LogP contribution in [0.5, 0.6) is 0 Å². The maximum Gasteiger partial charge on any atom is 0.225 e. The zero-order chi connectivity index (χ0) is 22.7. The third kappa shape index (κ3) is 4.25. The Bertz CT molecular complexity index is 1290. The van der Waals surface area contributed by atoms with E-state index < -0.39 is 0 Å². The van der Waals surface area contributed by atoms with Crippen molar-refractivity contribution < 1.29 is 4.74 Å². The minimum Gasteiger partial charge on any atom is -0.501 e. The molecule has 6 nitrogen and oxygen atoms in total. The van der Waals surface area contributed by atoms with Crippen molar-refractivity contribution in [3.05, 3.63) is 96.2 Å². The summed E-state index contributed by atoms with van der Waals surface area (Å²) in [6.07, 6.45) is 1.79. The number of hydrogen-bond donors (Lipinski definition) is 1. The second-order valence-electron chi connectivity index (χ2n) is 7.73. The number of imidazole rings is 1. The van der Waals surface area contributed by atoms with Gasteiger partial charge in [0.2, 0.25) is 5.95 Å². The average Bonchev–Trinajstić information content (AvgIpc) is 3.23. The zero-order valence-corrected chi connectivity index (χ0v) is 18.8. The highest BCUT2D eigenvalue weighted by Crippen LogP contribution is 2.28. The van der Waals surface area contributed by atoms with Crippen LogP contribution in [-0.4, -0.2) is 26.6 Å². The van der Waals surface area contributed by atoms with Crippen LogP contribution in [0.15, 0.2) is 84.9 Å². The molecule has 32 heavy (non-hydrogen) atoms. The van der Waals surface area contributed by atoms with E-state index in [9.17, 15) is 0 Å². The highest BCUT2D eigenvalue weighted by molar-refractivity contribution is 5.80. The molecule has 0 aliphatic carbocycles. The van der Waals surface area contributed by atoms with Crippen LogP contribution >= 0.6 is 0 Å². The van der Waals surface area contributed by atoms with Crippen LogP contribution in [-0.2, 0) is 4.74 Å². The van der Waals surface area contributed by atoms with E-state index in [-0.39, 0.29) is 6.04 Å². The van der Waals surface area contributed by atoms with Gasteiger partial charge in [0.25, 0.3) is 0 Å². The molecule has 0 spiro atoms. The Hall–Kier alpha value is -3.93. The lowest BCUT2D eigenvalue weighted by Crippen LogP contribution is -2.12. The van der Waals surface area contributed by atoms with Crippen LogP contribution in [0, 0.1) is 0 Å². The van der Waals surface area contributed by atoms with E-state index in [2.05, 4.69) is 35.9 Å². The van der Waals surface area contributed by atoms with Crippen molar-refractivity contribution in [2.45, 2.75) is 26.8 Å². The third-order valence-corrected chi connectivity index (χ3v) is 5.40. The fourth-order valence-corrected chi connectivity index (χ4v) is 3.71. The Labute approximate surface area is 188 Å². The summed E-state index contributed by atoms with van der Waals surface area (Å²) in [5, 5.41) is 3.45. The van der Waals surface area contributed by atoms with Crippen LogP contribution < -0.4 is 5.32 Å². The molecule has 2 heterocycles. The van der Waals surface area contributed by atoms with Gasteiger partial charge >= 0.3 is 0 Å². The summed E-state index contributed by atoms with van der Waals surface area (Å²) in [7, 11) is 1.65. The van der Waals surface area contributed by atoms with Gasteiger partial charge in [0.15, 0.2) is 0 Å². The van der Waals surface area contributed by atoms with E-state index in [0.717, 1.165) is 39.2 Å². The van der Waals surface area contributed by atoms with E-state index in [1.165, 1.54) is 0 Å². The van der Waals surface area contributed by atoms with Gasteiger partial charge in [0.1, 0.15) is 17.9 Å². The first-order valence-electron chi connectivity index (χ1n) is 10.5. The average molecular weight is 426 g/mol. The first-order chi connectivity index (χ1) is 15.5. The minimum absolute atomic E-state index is 0.0274. The number of hydrogen-bond acceptors (Lipinski definition) is 5. The summed E-state index contributed by atoms with van der Waals surface area (Å²) < 4.78 is 7.51. The molecule has 0 bridgehead atoms. The Balaban J connectivity index is 1.86. The third-order valence-electron chi connectivity index (χ3n) is 5.40. The maximum absolute atomic E-state index is 5.54. The molecular weight excluding hydrogens is 398 g/mol. The number of allylic oxidation sites excluding steroid dienone is 3. The number of nitrogens with one attached hydrogen (secondary N) is 1. The summed E-state index contributed by atoms with van der Waals surface area (Å²) in [6.45, 7) is 10.1. The van der Waals surface area contributed by atoms with Gasteiger partial charge < -0.3 is 10.1 Å². The van der Waals surface area contributed by atoms with Gasteiger partial charge in [0.05, 0.1) is 29.9 Å². The normalized spacial score (nSPS) is 12.9. The SMILES string of the molecule is C=C(C)/C(=C(/C)OC)c1cc(-n2cnc3ccccc32)nc(N[C@@H](C)c2ccccc2)n1. The molecular formula is C26H27N5O. The van der Waals surface area contributed by atoms with Crippen molar-refractivity contribution in [3.8, 4) is 5.82 Å². The van der Waals surface area contributed by atoms with Gasteiger partial charge in [-0.25, -0.2) is 9.97 Å². The lowest BCUT2D eigenvalue weighted by molar-refractivity contribution is 0.296. The van der Waals surface area contributed by atoms with Crippen LogP contribution in [0.4, 0.5) is 5.95 Å². The summed E-state index contributed by atoms with van der Waals surface area (Å²) in [5.74, 6) is 1.99. The Morgan fingerprint density at radius 1 is 1.03 bits per heavy atom. The largest absolute Gasteiger partial charge is 0.501 e. The standard InChI is InChI=1S/C26H27N5O/c1-17(2)25(19(4)32-5)22-15-24(31-16-27-21-13-9-10-14-23(21)31)30-26(29-22)28-18(3)20-11-7-6-8-12-20/h6-16,18H,1H2,2-5H3,(H,28,29,30)/b25-19+/t18-/m0/s1. The lowest BCUT2D eigenvalue weighted by atomic mass is 10.0. The van der Waals surface area contributed by atoms with E-state index >= 15 is 0 Å². The monoisotopic (exact) mass is 425 g/mol. The molecule has 162 valence electrons. The molecule has 1 N–H and O–H groups in total. The lowest BCUT2D eigenvalue weighted by Gasteiger charge is -2.18. The van der Waals surface area contributed by atoms with Crippen molar-refractivity contribution in [2.75, 3.05) is 12.4 Å². The summed E-state index contributed by atoms with van der Waals surface area (Å²) in [6, 6.07) is 20.2. The number of fused-ring (bicyclic) bond motifs is 1. The molecule has 2 aromatic heterocycles. The van der Waals surface area contributed by atoms with Gasteiger partial charge in [-0.15, -0.1) is 0 Å². The molecule has 0 unspecified atom stereocenters. The van der Waals surface area contributed by atoms with Crippen molar-refractivity contribution in [1.82, 2.24) is 19.5 Å². The van der Waals surface area contributed by atoms with Gasteiger partial charge in [-0.05, 0) is 44.0 Å². The van der Waals surface area contributed by atoms with Gasteiger partial charge in [-0.3, -0.25) is 4.57 Å². The van der Waals surface area contributed by atoms with Crippen LogP contribution in [0.25, 0.3) is 22.4 Å². The number of rotatable bonds is 7. The van der Waals surface area contributed by atoms with Gasteiger partial charge in [0, 0.05) is 11.6 Å². The predicted molar refractivity (Wildman–Crippen MR) is 130 cm³/mol. The fraction of sp³-hybridized carbons (Fsp3) is 0.192. The molecule has 0 saturated carbocycles. The van der Waals surface area contributed by atoms with Crippen molar-refractivity contribution in [3.63, 3.8) is 0 Å². The highest BCUT2D eigenvalue weighted by atomic mass is 16.5. The fourth-order valence-electron chi connectivity index (χ4n) is 3.71. The van der Waals surface area contributed by atoms with E-state index in [1.807, 2.05) is 66.9 Å². The predicted octanol–water partition coefficient (Wildman–Crippen LogP) is 5.94. The Morgan fingerprint density at radius 2 is 1.75 bits per heavy atom. The number of benzene rings is 2. The number of anilines is 1. The molecule has 0 amide bonds. The minimum atomic E-state index is 0.0274. The smallest absolute Gasteiger partial charge is 0.225 e. The highest BCUT2D eigenvalue weighted by Gasteiger charge is 2.17. The molecule has 6 heteroatoms. The molecule has 0 saturated heterocycles. The molecule has 0 fully saturated rings. The number of methoxy groups -OCH3 is 1. The summed E-state index contributed by atoms with van der Waals surface area (Å²) in [5.41, 5.74) is 5.50. The molecule has 4 aromatic rings. The van der Waals surface area contributed by atoms with Crippen molar-refractivity contribution in [2.24, 2.45) is 0 Å².